The molecule has 4 N–H and O–H groups in total. The van der Waals surface area contributed by atoms with Crippen LogP contribution in [0.4, 0.5) is 16.3 Å². The summed E-state index contributed by atoms with van der Waals surface area (Å²) in [6, 6.07) is 0. The van der Waals surface area contributed by atoms with E-state index in [0.717, 1.165) is 0 Å². The van der Waals surface area contributed by atoms with Crippen molar-refractivity contribution < 1.29 is 4.39 Å². The van der Waals surface area contributed by atoms with Gasteiger partial charge in [0.1, 0.15) is 0 Å². The van der Waals surface area contributed by atoms with Gasteiger partial charge in [0.15, 0.2) is 11.5 Å². The highest BCUT2D eigenvalue weighted by Gasteiger charge is 2.23. The number of rotatable bonds is 1. The summed E-state index contributed by atoms with van der Waals surface area (Å²) in [4.78, 5) is 10.7. The minimum Gasteiger partial charge on any atom is -0.368 e. The molecule has 0 aliphatic heterocycles. The average molecular weight is 171 g/mol. The van der Waals surface area contributed by atoms with Crippen molar-refractivity contribution in [3.8, 4) is 0 Å². The number of nitrogen functional groups attached to an aromatic ring is 2. The zero-order valence-corrected chi connectivity index (χ0v) is 6.87. The first-order valence-corrected chi connectivity index (χ1v) is 3.36. The Morgan fingerprint density at radius 3 is 1.83 bits per heavy atom. The zero-order valence-electron chi connectivity index (χ0n) is 6.87. The smallest absolute Gasteiger partial charge is 0.225 e. The number of hydrogen-bond acceptors (Lipinski definition) is 5. The van der Waals surface area contributed by atoms with Gasteiger partial charge >= 0.3 is 0 Å². The summed E-state index contributed by atoms with van der Waals surface area (Å²) in [5.74, 6) is -0.182. The fourth-order valence-corrected chi connectivity index (χ4v) is 0.675. The van der Waals surface area contributed by atoms with E-state index in [1.807, 2.05) is 0 Å². The summed E-state index contributed by atoms with van der Waals surface area (Å²) < 4.78 is 13.2. The summed E-state index contributed by atoms with van der Waals surface area (Å²) in [5, 5.41) is 0. The molecule has 12 heavy (non-hydrogen) atoms. The minimum absolute atomic E-state index is 0.0486. The zero-order chi connectivity index (χ0) is 9.35. The highest BCUT2D eigenvalue weighted by Crippen LogP contribution is 2.20. The molecule has 0 aliphatic rings. The highest BCUT2D eigenvalue weighted by atomic mass is 19.1. The largest absolute Gasteiger partial charge is 0.368 e. The fourth-order valence-electron chi connectivity index (χ4n) is 0.675. The first-order chi connectivity index (χ1) is 5.39. The second-order valence-electron chi connectivity index (χ2n) is 2.85. The summed E-state index contributed by atoms with van der Waals surface area (Å²) >= 11 is 0. The van der Waals surface area contributed by atoms with Gasteiger partial charge in [-0.1, -0.05) is 0 Å². The van der Waals surface area contributed by atoms with Crippen molar-refractivity contribution in [3.05, 3.63) is 5.82 Å². The summed E-state index contributed by atoms with van der Waals surface area (Å²) in [7, 11) is 0. The van der Waals surface area contributed by atoms with E-state index >= 15 is 0 Å². The van der Waals surface area contributed by atoms with Crippen molar-refractivity contribution in [3.63, 3.8) is 0 Å². The molecule has 0 aromatic carbocycles. The summed E-state index contributed by atoms with van der Waals surface area (Å²) in [6.07, 6.45) is 0. The number of halogens is 1. The van der Waals surface area contributed by atoms with E-state index < -0.39 is 5.67 Å². The Balaban J connectivity index is 3.18. The molecule has 0 unspecified atom stereocenters. The number of anilines is 2. The summed E-state index contributed by atoms with van der Waals surface area (Å²) in [5.41, 5.74) is 8.85. The minimum atomic E-state index is -1.65. The van der Waals surface area contributed by atoms with Crippen LogP contribution in [0.25, 0.3) is 0 Å². The van der Waals surface area contributed by atoms with Gasteiger partial charge < -0.3 is 11.5 Å². The topological polar surface area (TPSA) is 90.7 Å². The van der Waals surface area contributed by atoms with E-state index in [-0.39, 0.29) is 17.7 Å². The number of nitrogens with two attached hydrogens (primary N) is 2. The van der Waals surface area contributed by atoms with Gasteiger partial charge in [-0.2, -0.15) is 15.0 Å². The van der Waals surface area contributed by atoms with Crippen LogP contribution >= 0.6 is 0 Å². The lowest BCUT2D eigenvalue weighted by atomic mass is 10.1. The first-order valence-electron chi connectivity index (χ1n) is 3.36. The molecule has 0 spiro atoms. The Bertz CT molecular complexity index is 272. The molecule has 0 saturated carbocycles. The number of hydrogen-bond donors (Lipinski definition) is 2. The Morgan fingerprint density at radius 2 is 1.50 bits per heavy atom. The third kappa shape index (κ3) is 1.77. The van der Waals surface area contributed by atoms with E-state index in [1.54, 1.807) is 0 Å². The van der Waals surface area contributed by atoms with E-state index in [2.05, 4.69) is 15.0 Å². The number of alkyl halides is 1. The molecule has 1 rings (SSSR count). The lowest BCUT2D eigenvalue weighted by Crippen LogP contribution is -2.17. The molecule has 0 saturated heterocycles. The van der Waals surface area contributed by atoms with Crippen molar-refractivity contribution in [1.29, 1.82) is 0 Å². The van der Waals surface area contributed by atoms with Gasteiger partial charge in [0, 0.05) is 0 Å². The van der Waals surface area contributed by atoms with Crippen LogP contribution in [0.3, 0.4) is 0 Å². The van der Waals surface area contributed by atoms with E-state index in [9.17, 15) is 4.39 Å². The monoisotopic (exact) mass is 171 g/mol. The Morgan fingerprint density at radius 1 is 1.08 bits per heavy atom. The van der Waals surface area contributed by atoms with Gasteiger partial charge in [-0.05, 0) is 13.8 Å². The Hall–Kier alpha value is -1.46. The molecule has 6 heteroatoms. The second kappa shape index (κ2) is 2.54. The van der Waals surface area contributed by atoms with Crippen LogP contribution in [0.1, 0.15) is 19.7 Å². The Labute approximate surface area is 69.0 Å². The van der Waals surface area contributed by atoms with Gasteiger partial charge in [-0.25, -0.2) is 4.39 Å². The van der Waals surface area contributed by atoms with Gasteiger partial charge in [0.05, 0.1) is 0 Å². The molecule has 5 nitrogen and oxygen atoms in total. The number of nitrogens with zero attached hydrogens (tertiary/aromatic N) is 3. The quantitative estimate of drug-likeness (QED) is 0.631. The molecule has 1 aromatic rings. The molecule has 0 atom stereocenters. The fraction of sp³-hybridized carbons (Fsp3) is 0.500. The summed E-state index contributed by atoms with van der Waals surface area (Å²) in [6.45, 7) is 2.64. The van der Waals surface area contributed by atoms with Crippen molar-refractivity contribution in [1.82, 2.24) is 15.0 Å². The van der Waals surface area contributed by atoms with Crippen LogP contribution < -0.4 is 11.5 Å². The second-order valence-corrected chi connectivity index (χ2v) is 2.85. The third-order valence-corrected chi connectivity index (χ3v) is 1.20. The van der Waals surface area contributed by atoms with Gasteiger partial charge in [-0.15, -0.1) is 0 Å². The maximum atomic E-state index is 13.2. The maximum absolute atomic E-state index is 13.2. The molecular weight excluding hydrogens is 161 g/mol. The van der Waals surface area contributed by atoms with E-state index in [4.69, 9.17) is 11.5 Å². The normalized spacial score (nSPS) is 11.6. The predicted molar refractivity (Wildman–Crippen MR) is 42.8 cm³/mol. The third-order valence-electron chi connectivity index (χ3n) is 1.20. The van der Waals surface area contributed by atoms with Gasteiger partial charge in [0.2, 0.25) is 11.9 Å². The lowest BCUT2D eigenvalue weighted by molar-refractivity contribution is 0.206. The SMILES string of the molecule is CC(C)(F)c1nc(N)nc(N)n1. The molecule has 0 radical (unpaired) electrons. The first kappa shape index (κ1) is 8.63. The van der Waals surface area contributed by atoms with E-state index in [0.29, 0.717) is 0 Å². The van der Waals surface area contributed by atoms with Crippen LogP contribution in [0.5, 0.6) is 0 Å². The van der Waals surface area contributed by atoms with Crippen molar-refractivity contribution in [2.45, 2.75) is 19.5 Å². The predicted octanol–water partition coefficient (Wildman–Crippen LogP) is 0.241. The van der Waals surface area contributed by atoms with Crippen LogP contribution in [0.15, 0.2) is 0 Å². The molecule has 0 bridgehead atoms. The van der Waals surface area contributed by atoms with Crippen LogP contribution in [0, 0.1) is 0 Å². The van der Waals surface area contributed by atoms with Gasteiger partial charge in [-0.3, -0.25) is 0 Å². The van der Waals surface area contributed by atoms with Gasteiger partial charge in [0.25, 0.3) is 0 Å². The molecule has 0 fully saturated rings. The van der Waals surface area contributed by atoms with Crippen molar-refractivity contribution >= 4 is 11.9 Å². The molecule has 0 amide bonds. The van der Waals surface area contributed by atoms with Crippen LogP contribution in [-0.4, -0.2) is 15.0 Å². The molecule has 1 heterocycles. The molecule has 0 aliphatic carbocycles. The highest BCUT2D eigenvalue weighted by molar-refractivity contribution is 5.27. The van der Waals surface area contributed by atoms with Crippen LogP contribution in [-0.2, 0) is 5.67 Å². The average Bonchev–Trinajstić information content (AvgIpc) is 1.82. The standard InChI is InChI=1S/C6H10FN5/c1-6(2,7)3-10-4(8)12-5(9)11-3/h1-2H3,(H4,8,9,10,11,12). The molecule has 1 aromatic heterocycles. The lowest BCUT2D eigenvalue weighted by Gasteiger charge is -2.11. The number of aromatic nitrogens is 3. The van der Waals surface area contributed by atoms with Crippen molar-refractivity contribution in [2.24, 2.45) is 0 Å². The van der Waals surface area contributed by atoms with Crippen molar-refractivity contribution in [2.75, 3.05) is 11.5 Å². The van der Waals surface area contributed by atoms with E-state index in [1.165, 1.54) is 13.8 Å². The molecular formula is C6H10FN5. The maximum Gasteiger partial charge on any atom is 0.225 e. The van der Waals surface area contributed by atoms with Crippen LogP contribution in [0.2, 0.25) is 0 Å². The Kier molecular flexibility index (Phi) is 1.83. The molecule has 66 valence electrons.